The van der Waals surface area contributed by atoms with Crippen LogP contribution in [-0.4, -0.2) is 66.5 Å². The number of amides is 1. The largest absolute Gasteiger partial charge is 0.507 e. The number of hydrogen-bond acceptors (Lipinski definition) is 6. The van der Waals surface area contributed by atoms with Crippen molar-refractivity contribution in [3.8, 4) is 11.5 Å². The zero-order valence-electron chi connectivity index (χ0n) is 22.4. The van der Waals surface area contributed by atoms with Gasteiger partial charge in [0, 0.05) is 24.2 Å². The van der Waals surface area contributed by atoms with Crippen molar-refractivity contribution in [2.24, 2.45) is 0 Å². The van der Waals surface area contributed by atoms with E-state index in [4.69, 9.17) is 9.47 Å². The second-order valence-corrected chi connectivity index (χ2v) is 9.84. The van der Waals surface area contributed by atoms with E-state index >= 15 is 0 Å². The van der Waals surface area contributed by atoms with Gasteiger partial charge in [-0.3, -0.25) is 9.59 Å². The van der Waals surface area contributed by atoms with Gasteiger partial charge in [-0.1, -0.05) is 32.0 Å². The molecule has 1 aliphatic heterocycles. The first kappa shape index (κ1) is 27.3. The van der Waals surface area contributed by atoms with Crippen LogP contribution in [0.3, 0.4) is 0 Å². The maximum Gasteiger partial charge on any atom is 0.295 e. The van der Waals surface area contributed by atoms with Crippen LogP contribution in [0.5, 0.6) is 11.5 Å². The minimum atomic E-state index is -0.769. The number of likely N-dealkylation sites (N-methyl/N-ethyl adjacent to an activating group) is 1. The molecule has 7 heteroatoms. The summed E-state index contributed by atoms with van der Waals surface area (Å²) >= 11 is 0. The van der Waals surface area contributed by atoms with Crippen molar-refractivity contribution in [2.45, 2.75) is 52.7 Å². The summed E-state index contributed by atoms with van der Waals surface area (Å²) in [5.41, 5.74) is 2.13. The van der Waals surface area contributed by atoms with Gasteiger partial charge in [-0.15, -0.1) is 0 Å². The molecule has 3 rings (SSSR count). The minimum absolute atomic E-state index is 0.0671. The van der Waals surface area contributed by atoms with Crippen molar-refractivity contribution in [1.82, 2.24) is 9.80 Å². The van der Waals surface area contributed by atoms with Gasteiger partial charge in [-0.2, -0.15) is 0 Å². The van der Waals surface area contributed by atoms with Crippen LogP contribution < -0.4 is 9.47 Å². The van der Waals surface area contributed by atoms with Crippen LogP contribution in [-0.2, 0) is 9.59 Å². The Balaban J connectivity index is 2.22. The molecule has 1 amide bonds. The summed E-state index contributed by atoms with van der Waals surface area (Å²) in [5.74, 6) is -0.0708. The number of rotatable bonds is 10. The Morgan fingerprint density at radius 3 is 2.36 bits per heavy atom. The van der Waals surface area contributed by atoms with Crippen LogP contribution in [0.2, 0.25) is 0 Å². The predicted molar refractivity (Wildman–Crippen MR) is 141 cm³/mol. The average molecular weight is 495 g/mol. The maximum atomic E-state index is 13.4. The van der Waals surface area contributed by atoms with Crippen LogP contribution >= 0.6 is 0 Å². The molecule has 0 saturated carbocycles. The number of benzene rings is 2. The number of ketones is 1. The van der Waals surface area contributed by atoms with Gasteiger partial charge in [-0.05, 0) is 70.6 Å². The average Bonchev–Trinajstić information content (AvgIpc) is 3.07. The fourth-order valence-electron chi connectivity index (χ4n) is 4.40. The molecule has 1 atom stereocenters. The molecule has 36 heavy (non-hydrogen) atoms. The number of hydrogen-bond donors (Lipinski definition) is 1. The van der Waals surface area contributed by atoms with Gasteiger partial charge in [0.1, 0.15) is 17.3 Å². The number of Topliss-reactive ketones (excluding diaryl/α,β-unsaturated/α-hetero) is 1. The lowest BCUT2D eigenvalue weighted by Crippen LogP contribution is -2.35. The molecule has 7 nitrogen and oxygen atoms in total. The van der Waals surface area contributed by atoms with Crippen LogP contribution in [0, 0.1) is 0 Å². The van der Waals surface area contributed by atoms with Gasteiger partial charge in [0.05, 0.1) is 24.3 Å². The molecule has 1 unspecified atom stereocenters. The molecule has 194 valence electrons. The lowest BCUT2D eigenvalue weighted by molar-refractivity contribution is -0.140. The highest BCUT2D eigenvalue weighted by atomic mass is 16.5. The van der Waals surface area contributed by atoms with Crippen molar-refractivity contribution < 1.29 is 24.2 Å². The molecule has 0 aromatic heterocycles. The Kier molecular flexibility index (Phi) is 8.79. The molecule has 0 radical (unpaired) electrons. The van der Waals surface area contributed by atoms with Crippen LogP contribution in [0.4, 0.5) is 0 Å². The Bertz CT molecular complexity index is 1140. The molecule has 2 aromatic carbocycles. The normalized spacial score (nSPS) is 17.5. The molecule has 2 aromatic rings. The first-order chi connectivity index (χ1) is 17.1. The molecule has 1 heterocycles. The molecule has 1 saturated heterocycles. The van der Waals surface area contributed by atoms with Gasteiger partial charge in [0.15, 0.2) is 0 Å². The molecular formula is C29H38N2O5. The van der Waals surface area contributed by atoms with E-state index in [0.29, 0.717) is 36.6 Å². The second-order valence-electron chi connectivity index (χ2n) is 9.84. The first-order valence-corrected chi connectivity index (χ1v) is 12.5. The standard InChI is InChI=1S/C29H38N2O5/c1-8-35-23-14-13-20(17-22(23)18(2)3)27(32)25-26(21-11-9-10-12-24(21)36-19(4)5)31(16-15-30(6)7)29(34)28(25)33/h9-14,17-19,26,32H,8,15-16H2,1-7H3/b27-25+. The monoisotopic (exact) mass is 494 g/mol. The number of carbonyl (C=O) groups is 2. The number of aliphatic hydroxyl groups is 1. The van der Waals surface area contributed by atoms with Crippen molar-refractivity contribution >= 4 is 17.4 Å². The third-order valence-corrected chi connectivity index (χ3v) is 6.11. The quantitative estimate of drug-likeness (QED) is 0.285. The summed E-state index contributed by atoms with van der Waals surface area (Å²) in [7, 11) is 3.82. The Morgan fingerprint density at radius 2 is 1.75 bits per heavy atom. The van der Waals surface area contributed by atoms with Crippen LogP contribution in [0.15, 0.2) is 48.0 Å². The smallest absolute Gasteiger partial charge is 0.295 e. The molecule has 1 aliphatic rings. The first-order valence-electron chi connectivity index (χ1n) is 12.5. The fourth-order valence-corrected chi connectivity index (χ4v) is 4.40. The number of ether oxygens (including phenoxy) is 2. The molecule has 0 aliphatic carbocycles. The topological polar surface area (TPSA) is 79.3 Å². The minimum Gasteiger partial charge on any atom is -0.507 e. The number of nitrogens with zero attached hydrogens (tertiary/aromatic N) is 2. The van der Waals surface area contributed by atoms with Gasteiger partial charge >= 0.3 is 0 Å². The van der Waals surface area contributed by atoms with E-state index < -0.39 is 17.7 Å². The second kappa shape index (κ2) is 11.6. The Labute approximate surface area is 214 Å². The van der Waals surface area contributed by atoms with Crippen molar-refractivity contribution in [2.75, 3.05) is 33.8 Å². The van der Waals surface area contributed by atoms with Crippen molar-refractivity contribution in [3.05, 3.63) is 64.7 Å². The fraction of sp³-hybridized carbons (Fsp3) is 0.448. The highest BCUT2D eigenvalue weighted by Gasteiger charge is 2.47. The van der Waals surface area contributed by atoms with Crippen LogP contribution in [0.25, 0.3) is 5.76 Å². The van der Waals surface area contributed by atoms with Gasteiger partial charge in [0.2, 0.25) is 0 Å². The highest BCUT2D eigenvalue weighted by Crippen LogP contribution is 2.43. The highest BCUT2D eigenvalue weighted by molar-refractivity contribution is 6.46. The summed E-state index contributed by atoms with van der Waals surface area (Å²) in [6.07, 6.45) is -0.102. The lowest BCUT2D eigenvalue weighted by Gasteiger charge is -2.28. The number of likely N-dealkylation sites (tertiary alicyclic amines) is 1. The summed E-state index contributed by atoms with van der Waals surface area (Å²) in [5, 5.41) is 11.5. The summed E-state index contributed by atoms with van der Waals surface area (Å²) < 4.78 is 11.8. The molecule has 0 bridgehead atoms. The molecule has 1 N–H and O–H groups in total. The van der Waals surface area contributed by atoms with E-state index in [9.17, 15) is 14.7 Å². The number of carbonyl (C=O) groups excluding carboxylic acids is 2. The predicted octanol–water partition coefficient (Wildman–Crippen LogP) is 4.98. The van der Waals surface area contributed by atoms with Crippen LogP contribution in [0.1, 0.15) is 63.3 Å². The zero-order chi connectivity index (χ0) is 26.6. The van der Waals surface area contributed by atoms with E-state index in [-0.39, 0.29) is 23.4 Å². The van der Waals surface area contributed by atoms with E-state index in [0.717, 1.165) is 11.3 Å². The van der Waals surface area contributed by atoms with E-state index in [2.05, 4.69) is 0 Å². The third-order valence-electron chi connectivity index (χ3n) is 6.11. The molecular weight excluding hydrogens is 456 g/mol. The van der Waals surface area contributed by atoms with Gasteiger partial charge < -0.3 is 24.4 Å². The third kappa shape index (κ3) is 5.73. The molecule has 1 fully saturated rings. The van der Waals surface area contributed by atoms with E-state index in [1.165, 1.54) is 4.90 Å². The zero-order valence-corrected chi connectivity index (χ0v) is 22.4. The van der Waals surface area contributed by atoms with E-state index in [1.807, 2.05) is 83.9 Å². The SMILES string of the molecule is CCOc1ccc(/C(O)=C2\C(=O)C(=O)N(CCN(C)C)C2c2ccccc2OC(C)C)cc1C(C)C. The van der Waals surface area contributed by atoms with Crippen molar-refractivity contribution in [1.29, 1.82) is 0 Å². The summed E-state index contributed by atoms with van der Waals surface area (Å²) in [6.45, 7) is 11.3. The number of aliphatic hydroxyl groups excluding tert-OH is 1. The van der Waals surface area contributed by atoms with E-state index in [1.54, 1.807) is 12.1 Å². The van der Waals surface area contributed by atoms with Gasteiger partial charge in [0.25, 0.3) is 11.7 Å². The van der Waals surface area contributed by atoms with Gasteiger partial charge in [-0.25, -0.2) is 0 Å². The maximum absolute atomic E-state index is 13.4. The lowest BCUT2D eigenvalue weighted by atomic mass is 9.92. The summed E-state index contributed by atoms with van der Waals surface area (Å²) in [6, 6.07) is 12.0. The Hall–Kier alpha value is -3.32. The molecule has 0 spiro atoms. The number of para-hydroxylation sites is 1. The Morgan fingerprint density at radius 1 is 1.06 bits per heavy atom. The summed E-state index contributed by atoms with van der Waals surface area (Å²) in [4.78, 5) is 30.1. The van der Waals surface area contributed by atoms with Crippen molar-refractivity contribution in [3.63, 3.8) is 0 Å².